The number of rotatable bonds is 5. The van der Waals surface area contributed by atoms with Crippen molar-refractivity contribution in [2.24, 2.45) is 0 Å². The Morgan fingerprint density at radius 3 is 3.14 bits per heavy atom. The fourth-order valence-electron chi connectivity index (χ4n) is 0.803. The second-order valence-electron chi connectivity index (χ2n) is 2.52. The second kappa shape index (κ2) is 6.06. The third-order valence-corrected chi connectivity index (χ3v) is 1.47. The van der Waals surface area contributed by atoms with Crippen LogP contribution in [0.25, 0.3) is 0 Å². The average molecular weight is 196 g/mol. The van der Waals surface area contributed by atoms with E-state index in [2.05, 4.69) is 10.5 Å². The third-order valence-electron chi connectivity index (χ3n) is 1.47. The van der Waals surface area contributed by atoms with Crippen LogP contribution in [0.4, 0.5) is 0 Å². The highest BCUT2D eigenvalue weighted by Crippen LogP contribution is 1.96. The van der Waals surface area contributed by atoms with Crippen molar-refractivity contribution in [1.29, 1.82) is 0 Å². The highest BCUT2D eigenvalue weighted by atomic mass is 16.7. The lowest BCUT2D eigenvalue weighted by atomic mass is 10.3. The molecule has 0 aliphatic heterocycles. The van der Waals surface area contributed by atoms with Crippen LogP contribution in [0.2, 0.25) is 0 Å². The zero-order valence-electron chi connectivity index (χ0n) is 7.90. The Morgan fingerprint density at radius 1 is 1.64 bits per heavy atom. The molecule has 0 fully saturated rings. The van der Waals surface area contributed by atoms with E-state index < -0.39 is 5.97 Å². The molecule has 0 radical (unpaired) electrons. The molecule has 0 saturated heterocycles. The van der Waals surface area contributed by atoms with Crippen molar-refractivity contribution in [3.8, 4) is 0 Å². The van der Waals surface area contributed by atoms with Crippen LogP contribution in [-0.4, -0.2) is 31.2 Å². The number of carbonyl (C=O) groups is 1. The van der Waals surface area contributed by atoms with Crippen molar-refractivity contribution in [2.75, 3.05) is 20.3 Å². The van der Waals surface area contributed by atoms with Gasteiger partial charge in [-0.05, 0) is 12.1 Å². The van der Waals surface area contributed by atoms with E-state index >= 15 is 0 Å². The molecular formula is C9H12N2O3. The van der Waals surface area contributed by atoms with Gasteiger partial charge in [0, 0.05) is 19.5 Å². The van der Waals surface area contributed by atoms with E-state index in [1.165, 1.54) is 6.20 Å². The van der Waals surface area contributed by atoms with E-state index in [4.69, 9.17) is 9.57 Å². The maximum Gasteiger partial charge on any atom is 0.358 e. The molecule has 5 heteroatoms. The number of nitrogens with zero attached hydrogens (tertiary/aromatic N) is 1. The molecule has 0 aliphatic rings. The summed E-state index contributed by atoms with van der Waals surface area (Å²) in [6.45, 7) is 0.947. The first-order valence-corrected chi connectivity index (χ1v) is 4.17. The largest absolute Gasteiger partial charge is 0.383 e. The van der Waals surface area contributed by atoms with Gasteiger partial charge >= 0.3 is 5.97 Å². The molecule has 14 heavy (non-hydrogen) atoms. The number of nitrogens with one attached hydrogen (secondary N) is 1. The zero-order chi connectivity index (χ0) is 10.2. The summed E-state index contributed by atoms with van der Waals surface area (Å²) in [7, 11) is 1.57. The highest BCUT2D eigenvalue weighted by Gasteiger charge is 2.05. The lowest BCUT2D eigenvalue weighted by Gasteiger charge is -2.04. The van der Waals surface area contributed by atoms with Gasteiger partial charge in [0.1, 0.15) is 0 Å². The summed E-state index contributed by atoms with van der Waals surface area (Å²) in [5, 5.41) is 0. The molecule has 1 rings (SSSR count). The molecule has 0 aliphatic carbocycles. The third kappa shape index (κ3) is 3.51. The smallest absolute Gasteiger partial charge is 0.358 e. The van der Waals surface area contributed by atoms with Gasteiger partial charge in [-0.3, -0.25) is 4.98 Å². The normalized spacial score (nSPS) is 9.79. The van der Waals surface area contributed by atoms with Crippen LogP contribution in [0, 0.1) is 0 Å². The summed E-state index contributed by atoms with van der Waals surface area (Å²) in [6.07, 6.45) is 3.04. The van der Waals surface area contributed by atoms with Gasteiger partial charge in [0.15, 0.2) is 0 Å². The molecule has 0 spiro atoms. The van der Waals surface area contributed by atoms with Gasteiger partial charge in [0.2, 0.25) is 0 Å². The van der Waals surface area contributed by atoms with Crippen LogP contribution >= 0.6 is 0 Å². The van der Waals surface area contributed by atoms with Gasteiger partial charge in [-0.15, -0.1) is 0 Å². The molecule has 1 heterocycles. The lowest BCUT2D eigenvalue weighted by Crippen LogP contribution is -2.23. The fraction of sp³-hybridized carbons (Fsp3) is 0.333. The minimum absolute atomic E-state index is 0.414. The number of methoxy groups -OCH3 is 1. The second-order valence-corrected chi connectivity index (χ2v) is 2.52. The minimum atomic E-state index is -0.450. The molecule has 76 valence electrons. The van der Waals surface area contributed by atoms with Crippen LogP contribution in [0.5, 0.6) is 0 Å². The molecule has 0 atom stereocenters. The number of hydrogen-bond acceptors (Lipinski definition) is 5. The maximum atomic E-state index is 11.2. The van der Waals surface area contributed by atoms with Gasteiger partial charge in [0.25, 0.3) is 0 Å². The fourth-order valence-corrected chi connectivity index (χ4v) is 0.803. The Hall–Kier alpha value is -1.46. The number of carbonyl (C=O) groups excluding carboxylic acids is 1. The minimum Gasteiger partial charge on any atom is -0.383 e. The Bertz CT molecular complexity index is 277. The topological polar surface area (TPSA) is 60.5 Å². The molecule has 0 amide bonds. The van der Waals surface area contributed by atoms with E-state index in [9.17, 15) is 4.79 Å². The number of pyridine rings is 1. The van der Waals surface area contributed by atoms with Gasteiger partial charge in [0.05, 0.1) is 18.7 Å². The number of hydrogen-bond donors (Lipinski definition) is 1. The monoisotopic (exact) mass is 196 g/mol. The van der Waals surface area contributed by atoms with Gasteiger partial charge < -0.3 is 9.57 Å². The highest BCUT2D eigenvalue weighted by molar-refractivity contribution is 5.88. The van der Waals surface area contributed by atoms with Crippen LogP contribution in [-0.2, 0) is 9.57 Å². The molecular weight excluding hydrogens is 184 g/mol. The van der Waals surface area contributed by atoms with Gasteiger partial charge in [-0.2, -0.15) is 5.48 Å². The summed E-state index contributed by atoms with van der Waals surface area (Å²) in [4.78, 5) is 19.8. The van der Waals surface area contributed by atoms with Gasteiger partial charge in [-0.1, -0.05) is 0 Å². The average Bonchev–Trinajstić information content (AvgIpc) is 2.25. The lowest BCUT2D eigenvalue weighted by molar-refractivity contribution is 0.0203. The van der Waals surface area contributed by atoms with Crippen molar-refractivity contribution < 1.29 is 14.4 Å². The molecule has 1 aromatic rings. The Morgan fingerprint density at radius 2 is 2.50 bits per heavy atom. The predicted molar refractivity (Wildman–Crippen MR) is 49.5 cm³/mol. The summed E-state index contributed by atoms with van der Waals surface area (Å²) in [6, 6.07) is 3.30. The first-order valence-electron chi connectivity index (χ1n) is 4.17. The standard InChI is InChI=1S/C9H12N2O3/c1-13-6-5-11-14-9(12)8-3-2-4-10-7-8/h2-4,7,11H,5-6H2,1H3. The van der Waals surface area contributed by atoms with Gasteiger partial charge in [-0.25, -0.2) is 4.79 Å². The summed E-state index contributed by atoms with van der Waals surface area (Å²) < 4.78 is 4.76. The first-order chi connectivity index (χ1) is 6.84. The molecule has 5 nitrogen and oxygen atoms in total. The molecule has 0 saturated carbocycles. The van der Waals surface area contributed by atoms with Crippen molar-refractivity contribution in [2.45, 2.75) is 0 Å². The summed E-state index contributed by atoms with van der Waals surface area (Å²) in [5.41, 5.74) is 2.90. The van der Waals surface area contributed by atoms with Crippen LogP contribution < -0.4 is 5.48 Å². The number of ether oxygens (including phenoxy) is 1. The quantitative estimate of drug-likeness (QED) is 0.545. The van der Waals surface area contributed by atoms with Crippen LogP contribution in [0.3, 0.4) is 0 Å². The number of aromatic nitrogens is 1. The van der Waals surface area contributed by atoms with Crippen LogP contribution in [0.15, 0.2) is 24.5 Å². The maximum absolute atomic E-state index is 11.2. The van der Waals surface area contributed by atoms with Crippen LogP contribution in [0.1, 0.15) is 10.4 Å². The Labute approximate surface area is 82.0 Å². The predicted octanol–water partition coefficient (Wildman–Crippen LogP) is 0.389. The van der Waals surface area contributed by atoms with E-state index in [0.29, 0.717) is 18.7 Å². The zero-order valence-corrected chi connectivity index (χ0v) is 7.90. The molecule has 0 bridgehead atoms. The summed E-state index contributed by atoms with van der Waals surface area (Å²) >= 11 is 0. The molecule has 0 aromatic carbocycles. The van der Waals surface area contributed by atoms with Crippen molar-refractivity contribution in [3.63, 3.8) is 0 Å². The van der Waals surface area contributed by atoms with E-state index in [0.717, 1.165) is 0 Å². The summed E-state index contributed by atoms with van der Waals surface area (Å²) in [5.74, 6) is -0.450. The first kappa shape index (κ1) is 10.6. The van der Waals surface area contributed by atoms with Crippen molar-refractivity contribution in [3.05, 3.63) is 30.1 Å². The SMILES string of the molecule is COCCNOC(=O)c1cccnc1. The molecule has 1 aromatic heterocycles. The van der Waals surface area contributed by atoms with E-state index in [1.54, 1.807) is 25.4 Å². The molecule has 1 N–H and O–H groups in total. The Balaban J connectivity index is 2.29. The Kier molecular flexibility index (Phi) is 4.60. The van der Waals surface area contributed by atoms with E-state index in [-0.39, 0.29) is 0 Å². The molecule has 0 unspecified atom stereocenters. The van der Waals surface area contributed by atoms with E-state index in [1.807, 2.05) is 0 Å². The van der Waals surface area contributed by atoms with Crippen molar-refractivity contribution >= 4 is 5.97 Å². The van der Waals surface area contributed by atoms with Crippen molar-refractivity contribution in [1.82, 2.24) is 10.5 Å². The number of hydroxylamine groups is 1.